The number of hydrogen-bond donors (Lipinski definition) is 0. The number of hydrogen-bond acceptors (Lipinski definition) is 5. The largest absolute Gasteiger partial charge is 0.497 e. The normalized spacial score (nSPS) is 12.7. The molecule has 2 unspecified atom stereocenters. The second-order valence-electron chi connectivity index (χ2n) is 8.75. The zero-order valence-corrected chi connectivity index (χ0v) is 21.4. The van der Waals surface area contributed by atoms with Gasteiger partial charge in [0.15, 0.2) is 4.98 Å². The summed E-state index contributed by atoms with van der Waals surface area (Å²) in [6.45, 7) is 9.11. The van der Waals surface area contributed by atoms with E-state index in [4.69, 9.17) is 19.6 Å². The number of benzene rings is 2. The summed E-state index contributed by atoms with van der Waals surface area (Å²) in [7, 11) is 1.67. The van der Waals surface area contributed by atoms with Crippen molar-refractivity contribution in [3.63, 3.8) is 0 Å². The second kappa shape index (κ2) is 16.0. The Hall–Kier alpha value is -2.78. The number of ether oxygens (including phenoxy) is 3. The molecule has 6 nitrogen and oxygen atoms in total. The summed E-state index contributed by atoms with van der Waals surface area (Å²) in [5, 5.41) is 9.13. The molecule has 0 spiro atoms. The van der Waals surface area contributed by atoms with Crippen LogP contribution >= 0.6 is 0 Å². The molecule has 0 heterocycles. The van der Waals surface area contributed by atoms with E-state index >= 15 is 0 Å². The lowest BCUT2D eigenvalue weighted by Crippen LogP contribution is -2.45. The van der Waals surface area contributed by atoms with Crippen LogP contribution in [0.15, 0.2) is 48.5 Å². The van der Waals surface area contributed by atoms with E-state index in [0.29, 0.717) is 36.7 Å². The first-order valence-corrected chi connectivity index (χ1v) is 12.7. The summed E-state index contributed by atoms with van der Waals surface area (Å²) < 4.78 is 17.3. The van der Waals surface area contributed by atoms with Crippen molar-refractivity contribution in [2.75, 3.05) is 26.9 Å². The minimum atomic E-state index is 0.309. The molecule has 0 amide bonds. The molecule has 0 N–H and O–H groups in total. The summed E-state index contributed by atoms with van der Waals surface area (Å²) >= 11 is 0. The molecule has 2 aromatic carbocycles. The molecule has 0 aliphatic carbocycles. The molecule has 2 rings (SSSR count). The van der Waals surface area contributed by atoms with Crippen molar-refractivity contribution in [3.8, 4) is 17.2 Å². The maximum Gasteiger partial charge on any atom is 0.426 e. The molecule has 0 aliphatic heterocycles. The van der Waals surface area contributed by atoms with Crippen molar-refractivity contribution in [1.29, 1.82) is 5.39 Å². The van der Waals surface area contributed by atoms with Gasteiger partial charge in [0, 0.05) is 18.2 Å². The number of rotatable bonds is 17. The monoisotopic (exact) mass is 468 g/mol. The molecular formula is C28H42N3O3+. The highest BCUT2D eigenvalue weighted by Gasteiger charge is 2.23. The standard InChI is InChI=1S/C28H42N3O3/c1-5-7-8-11-20-31(23(3)22-34-26-18-16-25(32-4)17-19-26)24(6-2)13-12-21-33-28-15-10-9-14-27(28)30-29/h9-10,14-19,23-24H,5-8,11-13,20-22H2,1-4H3/q+1. The summed E-state index contributed by atoms with van der Waals surface area (Å²) in [6.07, 6.45) is 8.07. The van der Waals surface area contributed by atoms with E-state index in [2.05, 4.69) is 30.6 Å². The SMILES string of the molecule is CCCCCCN(C(C)COc1ccc(OC)cc1)C(CC)CCCOc1ccccc1[N+]#N. The Labute approximate surface area is 205 Å². The fourth-order valence-electron chi connectivity index (χ4n) is 4.24. The first kappa shape index (κ1) is 27.5. The zero-order chi connectivity index (χ0) is 24.6. The first-order chi connectivity index (χ1) is 16.6. The molecule has 0 fully saturated rings. The highest BCUT2D eigenvalue weighted by atomic mass is 16.5. The maximum atomic E-state index is 9.13. The molecule has 6 heteroatoms. The lowest BCUT2D eigenvalue weighted by Gasteiger charge is -2.36. The van der Waals surface area contributed by atoms with Gasteiger partial charge in [-0.05, 0) is 69.5 Å². The summed E-state index contributed by atoms with van der Waals surface area (Å²) in [5.41, 5.74) is 0.469. The predicted octanol–water partition coefficient (Wildman–Crippen LogP) is 7.47. The van der Waals surface area contributed by atoms with Crippen molar-refractivity contribution < 1.29 is 14.2 Å². The van der Waals surface area contributed by atoms with Crippen molar-refractivity contribution >= 4 is 5.69 Å². The van der Waals surface area contributed by atoms with Crippen LogP contribution in [0.2, 0.25) is 0 Å². The molecule has 0 aliphatic rings. The van der Waals surface area contributed by atoms with Gasteiger partial charge in [-0.3, -0.25) is 4.90 Å². The lowest BCUT2D eigenvalue weighted by atomic mass is 10.0. The molecule has 0 saturated heterocycles. The number of nitrogens with zero attached hydrogens (tertiary/aromatic N) is 3. The van der Waals surface area contributed by atoms with Gasteiger partial charge in [-0.15, -0.1) is 0 Å². The molecular weight excluding hydrogens is 426 g/mol. The van der Waals surface area contributed by atoms with Crippen LogP contribution in [-0.4, -0.2) is 43.9 Å². The van der Waals surface area contributed by atoms with Gasteiger partial charge in [0.05, 0.1) is 13.7 Å². The van der Waals surface area contributed by atoms with Gasteiger partial charge in [0.1, 0.15) is 18.1 Å². The highest BCUT2D eigenvalue weighted by molar-refractivity contribution is 5.56. The lowest BCUT2D eigenvalue weighted by molar-refractivity contribution is 0.0881. The third-order valence-electron chi connectivity index (χ3n) is 6.24. The van der Waals surface area contributed by atoms with Crippen LogP contribution in [0, 0.1) is 5.39 Å². The minimum absolute atomic E-state index is 0.309. The van der Waals surface area contributed by atoms with Gasteiger partial charge in [-0.1, -0.05) is 45.2 Å². The molecule has 2 atom stereocenters. The predicted molar refractivity (Wildman–Crippen MR) is 139 cm³/mol. The van der Waals surface area contributed by atoms with E-state index in [-0.39, 0.29) is 0 Å². The Morgan fingerprint density at radius 1 is 0.912 bits per heavy atom. The molecule has 2 aromatic rings. The summed E-state index contributed by atoms with van der Waals surface area (Å²) in [4.78, 5) is 5.92. The number of methoxy groups -OCH3 is 1. The Bertz CT molecular complexity index is 851. The average molecular weight is 469 g/mol. The first-order valence-electron chi connectivity index (χ1n) is 12.7. The molecule has 0 saturated carbocycles. The third kappa shape index (κ3) is 9.23. The van der Waals surface area contributed by atoms with Crippen LogP contribution in [0.3, 0.4) is 0 Å². The fourth-order valence-corrected chi connectivity index (χ4v) is 4.24. The van der Waals surface area contributed by atoms with Crippen LogP contribution < -0.4 is 14.2 Å². The average Bonchev–Trinajstić information content (AvgIpc) is 2.88. The highest BCUT2D eigenvalue weighted by Crippen LogP contribution is 2.27. The van der Waals surface area contributed by atoms with Crippen LogP contribution in [0.4, 0.5) is 5.69 Å². The van der Waals surface area contributed by atoms with E-state index in [1.807, 2.05) is 42.5 Å². The number of unbranched alkanes of at least 4 members (excludes halogenated alkanes) is 3. The summed E-state index contributed by atoms with van der Waals surface area (Å²) in [5.74, 6) is 2.32. The second-order valence-corrected chi connectivity index (χ2v) is 8.75. The maximum absolute atomic E-state index is 9.13. The van der Waals surface area contributed by atoms with Crippen molar-refractivity contribution in [2.45, 2.75) is 77.8 Å². The van der Waals surface area contributed by atoms with Crippen LogP contribution in [-0.2, 0) is 0 Å². The van der Waals surface area contributed by atoms with Gasteiger partial charge in [0.2, 0.25) is 11.1 Å². The molecule has 186 valence electrons. The van der Waals surface area contributed by atoms with E-state index < -0.39 is 0 Å². The Kier molecular flexibility index (Phi) is 12.9. The van der Waals surface area contributed by atoms with Gasteiger partial charge in [0.25, 0.3) is 0 Å². The number of para-hydroxylation sites is 1. The smallest absolute Gasteiger partial charge is 0.426 e. The molecule has 0 radical (unpaired) electrons. The van der Waals surface area contributed by atoms with Crippen LogP contribution in [0.5, 0.6) is 17.2 Å². The van der Waals surface area contributed by atoms with Gasteiger partial charge in [-0.2, -0.15) is 0 Å². The third-order valence-corrected chi connectivity index (χ3v) is 6.24. The number of diazo groups is 1. The van der Waals surface area contributed by atoms with E-state index in [0.717, 1.165) is 37.3 Å². The quantitative estimate of drug-likeness (QED) is 0.178. The molecule has 34 heavy (non-hydrogen) atoms. The van der Waals surface area contributed by atoms with Gasteiger partial charge in [-0.25, -0.2) is 0 Å². The van der Waals surface area contributed by atoms with E-state index in [9.17, 15) is 0 Å². The van der Waals surface area contributed by atoms with E-state index in [1.54, 1.807) is 13.2 Å². The van der Waals surface area contributed by atoms with Gasteiger partial charge >= 0.3 is 5.69 Å². The Morgan fingerprint density at radius 3 is 2.32 bits per heavy atom. The topological polar surface area (TPSA) is 59.1 Å². The molecule has 0 bridgehead atoms. The van der Waals surface area contributed by atoms with Crippen molar-refractivity contribution in [3.05, 3.63) is 53.5 Å². The minimum Gasteiger partial charge on any atom is -0.497 e. The van der Waals surface area contributed by atoms with Gasteiger partial charge < -0.3 is 14.2 Å². The fraction of sp³-hybridized carbons (Fsp3) is 0.571. The van der Waals surface area contributed by atoms with Crippen molar-refractivity contribution in [1.82, 2.24) is 4.90 Å². The zero-order valence-electron chi connectivity index (χ0n) is 21.4. The van der Waals surface area contributed by atoms with E-state index in [1.165, 1.54) is 25.7 Å². The van der Waals surface area contributed by atoms with Crippen LogP contribution in [0.25, 0.3) is 4.98 Å². The molecule has 0 aromatic heterocycles. The Balaban J connectivity index is 1.92. The Morgan fingerprint density at radius 2 is 1.65 bits per heavy atom. The summed E-state index contributed by atoms with van der Waals surface area (Å²) in [6, 6.07) is 15.9. The van der Waals surface area contributed by atoms with Crippen molar-refractivity contribution in [2.24, 2.45) is 0 Å². The van der Waals surface area contributed by atoms with Crippen LogP contribution in [0.1, 0.15) is 65.7 Å².